The number of aliphatic hydroxyl groups is 2. The standard InChI is InChI=1S/C22H23ClN6O9P2/c1-11(13-4-2-12(6-24)3-5-13)27-16-14(7-25)20(23)28-21-17(16)26-9-29(21)22-19(31)18(30)15(38-22)8-37-40(35,36)10-39(32,33)34/h2-5,9,11,15,18-19,22,30-31H,8,10H2,1H3,(H,27,28)(H,35,36)(H2,32,33,34)/t11-,15+,18+,19+,22+/m0/s1. The molecule has 1 fully saturated rings. The SMILES string of the molecule is C[C@H](Nc1c(C#N)c(Cl)nc2c1ncn2[C@@H]1O[C@H](COP(=O)(O)CP(=O)(O)O)[C@@H](O)[C@H]1O)c1ccc(C#N)cc1. The van der Waals surface area contributed by atoms with Gasteiger partial charge in [-0.15, -0.1) is 0 Å². The van der Waals surface area contributed by atoms with E-state index in [1.54, 1.807) is 24.3 Å². The molecule has 3 aromatic rings. The maximum atomic E-state index is 12.0. The number of hydrogen-bond donors (Lipinski definition) is 6. The molecule has 0 amide bonds. The van der Waals surface area contributed by atoms with Crippen LogP contribution in [0.4, 0.5) is 5.69 Å². The van der Waals surface area contributed by atoms with Gasteiger partial charge in [-0.1, -0.05) is 23.7 Å². The Kier molecular flexibility index (Phi) is 8.66. The Morgan fingerprint density at radius 1 is 1.18 bits per heavy atom. The topological polar surface area (TPSA) is 244 Å². The predicted octanol–water partition coefficient (Wildman–Crippen LogP) is 1.96. The Hall–Kier alpha value is -2.91. The average molecular weight is 613 g/mol. The van der Waals surface area contributed by atoms with E-state index in [9.17, 15) is 29.5 Å². The molecule has 1 aromatic carbocycles. The summed E-state index contributed by atoms with van der Waals surface area (Å²) in [5.41, 5.74) is 1.77. The number of hydrogen-bond acceptors (Lipinski definition) is 11. The molecule has 6 atom stereocenters. The highest BCUT2D eigenvalue weighted by molar-refractivity contribution is 7.70. The lowest BCUT2D eigenvalue weighted by atomic mass is 10.1. The smallest absolute Gasteiger partial charge is 0.340 e. The van der Waals surface area contributed by atoms with E-state index < -0.39 is 52.2 Å². The third-order valence-corrected chi connectivity index (χ3v) is 9.82. The van der Waals surface area contributed by atoms with E-state index in [0.717, 1.165) is 5.56 Å². The second kappa shape index (κ2) is 11.5. The van der Waals surface area contributed by atoms with Crippen molar-refractivity contribution < 1.29 is 43.3 Å². The number of anilines is 1. The van der Waals surface area contributed by atoms with Gasteiger partial charge in [0.25, 0.3) is 0 Å². The number of nitrogens with zero attached hydrogens (tertiary/aromatic N) is 5. The minimum Gasteiger partial charge on any atom is -0.387 e. The van der Waals surface area contributed by atoms with Crippen molar-refractivity contribution in [1.82, 2.24) is 14.5 Å². The molecule has 0 aliphatic carbocycles. The van der Waals surface area contributed by atoms with Gasteiger partial charge in [-0.3, -0.25) is 13.7 Å². The van der Waals surface area contributed by atoms with Crippen molar-refractivity contribution >= 4 is 43.6 Å². The second-order valence-electron chi connectivity index (χ2n) is 8.97. The van der Waals surface area contributed by atoms with Crippen molar-refractivity contribution in [3.8, 4) is 12.1 Å². The summed E-state index contributed by atoms with van der Waals surface area (Å²) in [6.07, 6.45) is -4.68. The summed E-state index contributed by atoms with van der Waals surface area (Å²) in [7, 11) is -9.61. The Balaban J connectivity index is 1.62. The van der Waals surface area contributed by atoms with Crippen LogP contribution in [0.25, 0.3) is 11.2 Å². The molecular weight excluding hydrogens is 590 g/mol. The van der Waals surface area contributed by atoms with Crippen molar-refractivity contribution in [3.05, 3.63) is 52.4 Å². The Morgan fingerprint density at radius 3 is 2.45 bits per heavy atom. The molecule has 212 valence electrons. The maximum absolute atomic E-state index is 12.0. The maximum Gasteiger partial charge on any atom is 0.340 e. The highest BCUT2D eigenvalue weighted by Gasteiger charge is 2.46. The van der Waals surface area contributed by atoms with Crippen LogP contribution in [0, 0.1) is 22.7 Å². The number of nitriles is 2. The van der Waals surface area contributed by atoms with Crippen LogP contribution in [0.3, 0.4) is 0 Å². The van der Waals surface area contributed by atoms with Crippen LogP contribution < -0.4 is 5.32 Å². The Bertz CT molecular complexity index is 1600. The zero-order valence-corrected chi connectivity index (χ0v) is 23.1. The van der Waals surface area contributed by atoms with Crippen LogP contribution in [-0.2, 0) is 18.4 Å². The van der Waals surface area contributed by atoms with Gasteiger partial charge in [0.05, 0.1) is 30.3 Å². The third kappa shape index (κ3) is 6.36. The molecule has 3 heterocycles. The minimum atomic E-state index is -4.87. The van der Waals surface area contributed by atoms with E-state index in [4.69, 9.17) is 35.9 Å². The predicted molar refractivity (Wildman–Crippen MR) is 139 cm³/mol. The molecule has 2 aromatic heterocycles. The number of ether oxygens (including phenoxy) is 1. The van der Waals surface area contributed by atoms with Gasteiger partial charge in [0.15, 0.2) is 22.9 Å². The van der Waals surface area contributed by atoms with E-state index in [1.807, 2.05) is 19.1 Å². The van der Waals surface area contributed by atoms with Crippen LogP contribution >= 0.6 is 26.8 Å². The highest BCUT2D eigenvalue weighted by Crippen LogP contribution is 2.55. The van der Waals surface area contributed by atoms with Crippen LogP contribution in [0.15, 0.2) is 30.6 Å². The number of halogens is 1. The van der Waals surface area contributed by atoms with Gasteiger partial charge < -0.3 is 39.5 Å². The van der Waals surface area contributed by atoms with Crippen molar-refractivity contribution in [2.24, 2.45) is 0 Å². The molecular formula is C22H23ClN6O9P2. The number of aromatic nitrogens is 3. The summed E-state index contributed by atoms with van der Waals surface area (Å²) < 4.78 is 34.7. The molecule has 1 aliphatic rings. The first kappa shape index (κ1) is 30.1. The number of imidazole rings is 1. The molecule has 0 radical (unpaired) electrons. The van der Waals surface area contributed by atoms with Gasteiger partial charge in [0.2, 0.25) is 0 Å². The summed E-state index contributed by atoms with van der Waals surface area (Å²) in [4.78, 5) is 36.1. The number of fused-ring (bicyclic) bond motifs is 1. The van der Waals surface area contributed by atoms with Crippen molar-refractivity contribution in [2.45, 2.75) is 37.5 Å². The van der Waals surface area contributed by atoms with Gasteiger partial charge in [-0.2, -0.15) is 10.5 Å². The largest absolute Gasteiger partial charge is 0.387 e. The van der Waals surface area contributed by atoms with E-state index in [1.165, 1.54) is 10.9 Å². The molecule has 15 nitrogen and oxygen atoms in total. The van der Waals surface area contributed by atoms with Crippen molar-refractivity contribution in [2.75, 3.05) is 17.8 Å². The second-order valence-corrected chi connectivity index (χ2v) is 13.3. The molecule has 1 aliphatic heterocycles. The van der Waals surface area contributed by atoms with Crippen LogP contribution in [0.5, 0.6) is 0 Å². The molecule has 6 N–H and O–H groups in total. The molecule has 1 unspecified atom stereocenters. The molecule has 0 bridgehead atoms. The van der Waals surface area contributed by atoms with Crippen molar-refractivity contribution in [1.29, 1.82) is 10.5 Å². The highest BCUT2D eigenvalue weighted by atomic mass is 35.5. The first-order chi connectivity index (χ1) is 18.7. The van der Waals surface area contributed by atoms with E-state index in [-0.39, 0.29) is 33.6 Å². The fraction of sp³-hybridized carbons (Fsp3) is 0.364. The zero-order chi connectivity index (χ0) is 29.4. The van der Waals surface area contributed by atoms with Crippen LogP contribution in [-0.4, -0.2) is 70.3 Å². The molecule has 4 rings (SSSR count). The van der Waals surface area contributed by atoms with Crippen LogP contribution in [0.1, 0.15) is 35.9 Å². The molecule has 1 saturated heterocycles. The fourth-order valence-electron chi connectivity index (χ4n) is 4.15. The van der Waals surface area contributed by atoms with E-state index >= 15 is 0 Å². The first-order valence-electron chi connectivity index (χ1n) is 11.5. The molecule has 0 spiro atoms. The lowest BCUT2D eigenvalue weighted by Crippen LogP contribution is -2.33. The first-order valence-corrected chi connectivity index (χ1v) is 15.4. The van der Waals surface area contributed by atoms with Gasteiger partial charge >= 0.3 is 15.2 Å². The van der Waals surface area contributed by atoms with E-state index in [2.05, 4.69) is 15.3 Å². The molecule has 0 saturated carbocycles. The lowest BCUT2D eigenvalue weighted by Gasteiger charge is -2.19. The zero-order valence-electron chi connectivity index (χ0n) is 20.6. The van der Waals surface area contributed by atoms with E-state index in [0.29, 0.717) is 5.56 Å². The monoisotopic (exact) mass is 612 g/mol. The summed E-state index contributed by atoms with van der Waals surface area (Å²) in [6.45, 7) is 1.05. The summed E-state index contributed by atoms with van der Waals surface area (Å²) in [5, 5.41) is 42.9. The molecule has 18 heteroatoms. The third-order valence-electron chi connectivity index (χ3n) is 6.09. The number of benzene rings is 1. The average Bonchev–Trinajstić information content (AvgIpc) is 3.41. The Labute approximate surface area is 231 Å². The number of rotatable bonds is 9. The minimum absolute atomic E-state index is 0.00265. The summed E-state index contributed by atoms with van der Waals surface area (Å²) in [5.74, 6) is -1.43. The fourth-order valence-corrected chi connectivity index (χ4v) is 6.93. The Morgan fingerprint density at radius 2 is 1.85 bits per heavy atom. The summed E-state index contributed by atoms with van der Waals surface area (Å²) in [6, 6.07) is 10.4. The van der Waals surface area contributed by atoms with Gasteiger partial charge in [0.1, 0.15) is 35.5 Å². The van der Waals surface area contributed by atoms with Gasteiger partial charge in [0, 0.05) is 6.04 Å². The van der Waals surface area contributed by atoms with Gasteiger partial charge in [-0.05, 0) is 24.6 Å². The van der Waals surface area contributed by atoms with Crippen LogP contribution in [0.2, 0.25) is 5.15 Å². The number of nitrogens with one attached hydrogen (secondary N) is 1. The summed E-state index contributed by atoms with van der Waals surface area (Å²) >= 11 is 6.31. The van der Waals surface area contributed by atoms with Crippen molar-refractivity contribution in [3.63, 3.8) is 0 Å². The lowest BCUT2D eigenvalue weighted by molar-refractivity contribution is -0.0483. The quantitative estimate of drug-likeness (QED) is 0.149. The molecule has 40 heavy (non-hydrogen) atoms. The number of aliphatic hydroxyl groups excluding tert-OH is 2. The van der Waals surface area contributed by atoms with Gasteiger partial charge in [-0.25, -0.2) is 9.97 Å². The number of pyridine rings is 1. The normalized spacial score (nSPS) is 23.3.